The molecule has 80 valence electrons. The minimum Gasteiger partial charge on any atom is -0.328 e. The van der Waals surface area contributed by atoms with Gasteiger partial charge >= 0.3 is 0 Å². The van der Waals surface area contributed by atoms with Crippen molar-refractivity contribution in [2.75, 3.05) is 6.54 Å². The smallest absolute Gasteiger partial charge is 0.0956 e. The van der Waals surface area contributed by atoms with Crippen molar-refractivity contribution in [3.8, 4) is 11.3 Å². The molecule has 0 bridgehead atoms. The number of aromatic nitrogens is 2. The average molecular weight is 221 g/mol. The van der Waals surface area contributed by atoms with Gasteiger partial charge in [0.05, 0.1) is 23.8 Å². The van der Waals surface area contributed by atoms with Crippen molar-refractivity contribution in [2.45, 2.75) is 19.4 Å². The minimum atomic E-state index is -0.0895. The van der Waals surface area contributed by atoms with Crippen molar-refractivity contribution in [2.24, 2.45) is 5.73 Å². The van der Waals surface area contributed by atoms with Gasteiger partial charge in [0, 0.05) is 17.5 Å². The van der Waals surface area contributed by atoms with Crippen LogP contribution in [0.4, 0.5) is 0 Å². The van der Waals surface area contributed by atoms with Crippen molar-refractivity contribution in [3.63, 3.8) is 0 Å². The van der Waals surface area contributed by atoms with Gasteiger partial charge in [-0.25, -0.2) is 4.98 Å². The number of hydrogen-bond acceptors (Lipinski definition) is 3. The topological polar surface area (TPSA) is 43.8 Å². The third-order valence-electron chi connectivity index (χ3n) is 2.61. The molecule has 2 aromatic heterocycles. The van der Waals surface area contributed by atoms with E-state index < -0.39 is 0 Å². The Bertz CT molecular complexity index is 428. The first-order valence-corrected chi connectivity index (χ1v) is 5.85. The molecule has 15 heavy (non-hydrogen) atoms. The Morgan fingerprint density at radius 2 is 2.33 bits per heavy atom. The number of nitrogens with two attached hydrogens (primary N) is 1. The van der Waals surface area contributed by atoms with E-state index in [4.69, 9.17) is 5.73 Å². The lowest BCUT2D eigenvalue weighted by atomic mass is 10.0. The van der Waals surface area contributed by atoms with Crippen LogP contribution in [-0.4, -0.2) is 16.1 Å². The maximum Gasteiger partial charge on any atom is 0.0956 e. The molecule has 2 rings (SSSR count). The van der Waals surface area contributed by atoms with Crippen LogP contribution in [0.1, 0.15) is 13.8 Å². The molecule has 0 aromatic carbocycles. The first-order chi connectivity index (χ1) is 7.15. The maximum absolute atomic E-state index is 5.77. The average Bonchev–Trinajstić information content (AvgIpc) is 2.87. The lowest BCUT2D eigenvalue weighted by Crippen LogP contribution is -2.34. The van der Waals surface area contributed by atoms with Gasteiger partial charge in [-0.3, -0.25) is 0 Å². The molecule has 2 heterocycles. The second-order valence-electron chi connectivity index (χ2n) is 4.18. The molecule has 4 heteroatoms. The highest BCUT2D eigenvalue weighted by Gasteiger charge is 2.21. The van der Waals surface area contributed by atoms with Crippen molar-refractivity contribution < 1.29 is 0 Å². The van der Waals surface area contributed by atoms with Crippen LogP contribution in [0.5, 0.6) is 0 Å². The van der Waals surface area contributed by atoms with E-state index in [-0.39, 0.29) is 5.54 Å². The molecule has 3 nitrogen and oxygen atoms in total. The van der Waals surface area contributed by atoms with Crippen LogP contribution >= 0.6 is 11.3 Å². The molecule has 0 aliphatic rings. The van der Waals surface area contributed by atoms with Gasteiger partial charge in [0.1, 0.15) is 0 Å². The Balaban J connectivity index is 2.47. The van der Waals surface area contributed by atoms with Crippen LogP contribution in [0.2, 0.25) is 0 Å². The summed E-state index contributed by atoms with van der Waals surface area (Å²) in [6.45, 7) is 4.83. The SMILES string of the molecule is CC(C)(CN)n1cncc1-c1ccsc1. The van der Waals surface area contributed by atoms with Gasteiger partial charge in [-0.1, -0.05) is 0 Å². The van der Waals surface area contributed by atoms with Gasteiger partial charge in [-0.05, 0) is 25.3 Å². The Kier molecular flexibility index (Phi) is 2.63. The summed E-state index contributed by atoms with van der Waals surface area (Å²) in [5, 5.41) is 4.20. The largest absolute Gasteiger partial charge is 0.328 e. The molecular weight excluding hydrogens is 206 g/mol. The summed E-state index contributed by atoms with van der Waals surface area (Å²) in [5.74, 6) is 0. The fourth-order valence-corrected chi connectivity index (χ4v) is 2.15. The highest BCUT2D eigenvalue weighted by Crippen LogP contribution is 2.26. The van der Waals surface area contributed by atoms with E-state index in [0.717, 1.165) is 5.69 Å². The second kappa shape index (κ2) is 3.79. The lowest BCUT2D eigenvalue weighted by Gasteiger charge is -2.26. The second-order valence-corrected chi connectivity index (χ2v) is 4.96. The predicted molar refractivity (Wildman–Crippen MR) is 63.9 cm³/mol. The summed E-state index contributed by atoms with van der Waals surface area (Å²) >= 11 is 1.69. The van der Waals surface area contributed by atoms with Crippen LogP contribution in [0.3, 0.4) is 0 Å². The molecule has 0 aliphatic heterocycles. The van der Waals surface area contributed by atoms with E-state index in [1.165, 1.54) is 5.56 Å². The number of thiophene rings is 1. The molecule has 2 N–H and O–H groups in total. The molecule has 0 fully saturated rings. The molecule has 0 radical (unpaired) electrons. The number of hydrogen-bond donors (Lipinski definition) is 1. The van der Waals surface area contributed by atoms with E-state index in [2.05, 4.69) is 40.2 Å². The summed E-state index contributed by atoms with van der Waals surface area (Å²) < 4.78 is 2.13. The molecular formula is C11H15N3S. The summed E-state index contributed by atoms with van der Waals surface area (Å²) in [6.07, 6.45) is 3.74. The Labute approximate surface area is 93.6 Å². The summed E-state index contributed by atoms with van der Waals surface area (Å²) in [5.41, 5.74) is 8.02. The first kappa shape index (κ1) is 10.4. The van der Waals surface area contributed by atoms with E-state index in [1.54, 1.807) is 11.3 Å². The van der Waals surface area contributed by atoms with Crippen molar-refractivity contribution in [1.82, 2.24) is 9.55 Å². The maximum atomic E-state index is 5.77. The van der Waals surface area contributed by atoms with Gasteiger partial charge < -0.3 is 10.3 Å². The summed E-state index contributed by atoms with van der Waals surface area (Å²) in [6, 6.07) is 2.10. The zero-order valence-electron chi connectivity index (χ0n) is 8.97. The van der Waals surface area contributed by atoms with Crippen molar-refractivity contribution in [1.29, 1.82) is 0 Å². The van der Waals surface area contributed by atoms with Crippen LogP contribution in [0.25, 0.3) is 11.3 Å². The Morgan fingerprint density at radius 1 is 1.53 bits per heavy atom. The van der Waals surface area contributed by atoms with Gasteiger partial charge in [0.25, 0.3) is 0 Å². The van der Waals surface area contributed by atoms with E-state index >= 15 is 0 Å². The molecule has 0 saturated heterocycles. The summed E-state index contributed by atoms with van der Waals surface area (Å²) in [7, 11) is 0. The molecule has 0 spiro atoms. The highest BCUT2D eigenvalue weighted by molar-refractivity contribution is 7.08. The van der Waals surface area contributed by atoms with Crippen LogP contribution < -0.4 is 5.73 Å². The first-order valence-electron chi connectivity index (χ1n) is 4.90. The zero-order valence-corrected chi connectivity index (χ0v) is 9.79. The van der Waals surface area contributed by atoms with E-state index in [9.17, 15) is 0 Å². The fraction of sp³-hybridized carbons (Fsp3) is 0.364. The third kappa shape index (κ3) is 1.82. The Morgan fingerprint density at radius 3 is 2.93 bits per heavy atom. The van der Waals surface area contributed by atoms with Crippen LogP contribution in [0, 0.1) is 0 Å². The molecule has 0 amide bonds. The molecule has 0 aliphatic carbocycles. The van der Waals surface area contributed by atoms with Crippen LogP contribution in [0.15, 0.2) is 29.4 Å². The summed E-state index contributed by atoms with van der Waals surface area (Å²) in [4.78, 5) is 4.20. The number of rotatable bonds is 3. The minimum absolute atomic E-state index is 0.0895. The number of imidazole rings is 1. The highest BCUT2D eigenvalue weighted by atomic mass is 32.1. The van der Waals surface area contributed by atoms with Crippen molar-refractivity contribution in [3.05, 3.63) is 29.4 Å². The number of nitrogens with zero attached hydrogens (tertiary/aromatic N) is 2. The van der Waals surface area contributed by atoms with E-state index in [0.29, 0.717) is 6.54 Å². The van der Waals surface area contributed by atoms with Gasteiger partial charge in [0.2, 0.25) is 0 Å². The molecule has 0 saturated carbocycles. The van der Waals surface area contributed by atoms with Crippen LogP contribution in [-0.2, 0) is 5.54 Å². The van der Waals surface area contributed by atoms with Gasteiger partial charge in [-0.2, -0.15) is 11.3 Å². The van der Waals surface area contributed by atoms with E-state index in [1.807, 2.05) is 12.5 Å². The standard InChI is InChI=1S/C11H15N3S/c1-11(2,7-12)14-8-13-5-10(14)9-3-4-15-6-9/h3-6,8H,7,12H2,1-2H3. The monoisotopic (exact) mass is 221 g/mol. The van der Waals surface area contributed by atoms with Crippen molar-refractivity contribution >= 4 is 11.3 Å². The quantitative estimate of drug-likeness (QED) is 0.864. The fourth-order valence-electron chi connectivity index (χ4n) is 1.50. The Hall–Kier alpha value is -1.13. The van der Waals surface area contributed by atoms with Gasteiger partial charge in [0.15, 0.2) is 0 Å². The zero-order chi connectivity index (χ0) is 10.9. The van der Waals surface area contributed by atoms with Gasteiger partial charge in [-0.15, -0.1) is 0 Å². The molecule has 2 aromatic rings. The molecule has 0 atom stereocenters. The molecule has 0 unspecified atom stereocenters. The predicted octanol–water partition coefficient (Wildman–Crippen LogP) is 2.31. The lowest BCUT2D eigenvalue weighted by molar-refractivity contribution is 0.370. The third-order valence-corrected chi connectivity index (χ3v) is 3.29. The normalized spacial score (nSPS) is 11.9.